The summed E-state index contributed by atoms with van der Waals surface area (Å²) in [5, 5.41) is 2.10. The molecule has 1 aliphatic rings. The Kier molecular flexibility index (Phi) is 15.1. The SMILES string of the molecule is CCCCCCCCCCCCCCOc1ccc(CCN(C(C)=O)c2cccc(CN3C=CSC3)c2)cc1F. The van der Waals surface area contributed by atoms with Crippen molar-refractivity contribution in [1.29, 1.82) is 0 Å². The van der Waals surface area contributed by atoms with Gasteiger partial charge >= 0.3 is 0 Å². The summed E-state index contributed by atoms with van der Waals surface area (Å²) < 4.78 is 20.5. The summed E-state index contributed by atoms with van der Waals surface area (Å²) in [5.74, 6) is 0.920. The highest BCUT2D eigenvalue weighted by Crippen LogP contribution is 2.23. The molecule has 1 heterocycles. The maximum atomic E-state index is 14.7. The number of ether oxygens (including phenoxy) is 1. The third kappa shape index (κ3) is 12.0. The third-order valence-corrected chi connectivity index (χ3v) is 8.27. The predicted octanol–water partition coefficient (Wildman–Crippen LogP) is 9.48. The van der Waals surface area contributed by atoms with Crippen LogP contribution < -0.4 is 9.64 Å². The molecule has 3 rings (SSSR count). The Morgan fingerprint density at radius 1 is 0.925 bits per heavy atom. The lowest BCUT2D eigenvalue weighted by atomic mass is 10.1. The van der Waals surface area contributed by atoms with Crippen LogP contribution in [0.25, 0.3) is 0 Å². The Morgan fingerprint density at radius 2 is 1.62 bits per heavy atom. The van der Waals surface area contributed by atoms with E-state index in [9.17, 15) is 9.18 Å². The minimum absolute atomic E-state index is 0.0170. The van der Waals surface area contributed by atoms with E-state index in [0.29, 0.717) is 25.3 Å². The highest BCUT2D eigenvalue weighted by molar-refractivity contribution is 8.02. The number of halogens is 1. The molecular weight excluding hydrogens is 519 g/mol. The van der Waals surface area contributed by atoms with E-state index in [1.807, 2.05) is 18.2 Å². The van der Waals surface area contributed by atoms with Crippen molar-refractivity contribution in [2.24, 2.45) is 0 Å². The van der Waals surface area contributed by atoms with Crippen molar-refractivity contribution in [2.45, 2.75) is 104 Å². The van der Waals surface area contributed by atoms with Gasteiger partial charge in [0.1, 0.15) is 0 Å². The van der Waals surface area contributed by atoms with Crippen molar-refractivity contribution in [1.82, 2.24) is 4.90 Å². The smallest absolute Gasteiger partial charge is 0.223 e. The Labute approximate surface area is 246 Å². The highest BCUT2D eigenvalue weighted by Gasteiger charge is 2.14. The minimum Gasteiger partial charge on any atom is -0.491 e. The van der Waals surface area contributed by atoms with Gasteiger partial charge in [0, 0.05) is 31.9 Å². The van der Waals surface area contributed by atoms with Crippen LogP contribution in [-0.4, -0.2) is 29.8 Å². The molecule has 6 heteroatoms. The fraction of sp³-hybridized carbons (Fsp3) is 0.559. The third-order valence-electron chi connectivity index (χ3n) is 7.47. The first-order valence-corrected chi connectivity index (χ1v) is 16.4. The molecule has 2 aromatic carbocycles. The number of unbranched alkanes of at least 4 members (excludes halogenated alkanes) is 11. The van der Waals surface area contributed by atoms with Crippen molar-refractivity contribution >= 4 is 23.4 Å². The van der Waals surface area contributed by atoms with Crippen molar-refractivity contribution in [3.8, 4) is 5.75 Å². The van der Waals surface area contributed by atoms with Gasteiger partial charge in [-0.1, -0.05) is 95.8 Å². The Morgan fingerprint density at radius 3 is 2.25 bits per heavy atom. The van der Waals surface area contributed by atoms with E-state index in [1.165, 1.54) is 64.2 Å². The molecule has 0 fully saturated rings. The van der Waals surface area contributed by atoms with E-state index in [4.69, 9.17) is 4.74 Å². The molecule has 0 unspecified atom stereocenters. The normalized spacial score (nSPS) is 12.7. The Bertz CT molecular complexity index is 1040. The number of carbonyl (C=O) groups excluding carboxylic acids is 1. The van der Waals surface area contributed by atoms with Crippen LogP contribution in [0.3, 0.4) is 0 Å². The maximum Gasteiger partial charge on any atom is 0.223 e. The zero-order chi connectivity index (χ0) is 28.4. The van der Waals surface area contributed by atoms with Gasteiger partial charge in [-0.05, 0) is 53.6 Å². The van der Waals surface area contributed by atoms with E-state index >= 15 is 0 Å². The molecule has 0 saturated carbocycles. The topological polar surface area (TPSA) is 32.8 Å². The minimum atomic E-state index is -0.329. The van der Waals surface area contributed by atoms with Crippen LogP contribution in [0.1, 0.15) is 102 Å². The summed E-state index contributed by atoms with van der Waals surface area (Å²) >= 11 is 1.78. The molecule has 0 saturated heterocycles. The maximum absolute atomic E-state index is 14.7. The highest BCUT2D eigenvalue weighted by atomic mass is 32.2. The zero-order valence-corrected chi connectivity index (χ0v) is 25.5. The van der Waals surface area contributed by atoms with Gasteiger partial charge in [0.25, 0.3) is 0 Å². The quantitative estimate of drug-likeness (QED) is 0.149. The molecule has 0 aromatic heterocycles. The van der Waals surface area contributed by atoms with Crippen LogP contribution in [0, 0.1) is 5.82 Å². The Balaban J connectivity index is 1.34. The molecule has 0 N–H and O–H groups in total. The largest absolute Gasteiger partial charge is 0.491 e. The summed E-state index contributed by atoms with van der Waals surface area (Å²) in [6.45, 7) is 5.71. The number of rotatable bonds is 20. The summed E-state index contributed by atoms with van der Waals surface area (Å²) in [4.78, 5) is 16.5. The molecule has 2 aromatic rings. The second kappa shape index (κ2) is 18.8. The standard InChI is InChI=1S/C34H49FN2O2S/c1-3-4-5-6-7-8-9-10-11-12-13-14-23-39-34-19-18-30(26-33(34)35)20-21-37(29(2)38)32-17-15-16-31(25-32)27-36-22-24-40-28-36/h15-19,22,24-26H,3-14,20-21,23,27-28H2,1-2H3. The Hall–Kier alpha value is -2.47. The predicted molar refractivity (Wildman–Crippen MR) is 168 cm³/mol. The second-order valence-corrected chi connectivity index (χ2v) is 11.8. The lowest BCUT2D eigenvalue weighted by Gasteiger charge is -2.23. The molecule has 0 atom stereocenters. The van der Waals surface area contributed by atoms with E-state index in [2.05, 4.69) is 35.6 Å². The molecule has 4 nitrogen and oxygen atoms in total. The molecule has 40 heavy (non-hydrogen) atoms. The van der Waals surface area contributed by atoms with Gasteiger partial charge in [-0.3, -0.25) is 4.79 Å². The van der Waals surface area contributed by atoms with Crippen molar-refractivity contribution in [3.05, 3.63) is 71.0 Å². The molecule has 0 spiro atoms. The average molecular weight is 569 g/mol. The van der Waals surface area contributed by atoms with Crippen LogP contribution in [0.15, 0.2) is 54.1 Å². The van der Waals surface area contributed by atoms with Crippen molar-refractivity contribution in [3.63, 3.8) is 0 Å². The van der Waals surface area contributed by atoms with E-state index in [-0.39, 0.29) is 11.7 Å². The number of amides is 1. The van der Waals surface area contributed by atoms with E-state index in [0.717, 1.165) is 42.1 Å². The van der Waals surface area contributed by atoms with Gasteiger partial charge in [-0.15, -0.1) is 11.8 Å². The molecule has 0 bridgehead atoms. The molecule has 1 aliphatic heterocycles. The number of benzene rings is 2. The summed E-state index contributed by atoms with van der Waals surface area (Å²) in [6, 6.07) is 13.3. The first-order valence-electron chi connectivity index (χ1n) is 15.4. The molecule has 220 valence electrons. The van der Waals surface area contributed by atoms with E-state index < -0.39 is 0 Å². The number of anilines is 1. The van der Waals surface area contributed by atoms with Gasteiger partial charge in [0.05, 0.1) is 12.5 Å². The average Bonchev–Trinajstić information content (AvgIpc) is 3.45. The van der Waals surface area contributed by atoms with Gasteiger partial charge in [0.15, 0.2) is 11.6 Å². The fourth-order valence-electron chi connectivity index (χ4n) is 5.12. The number of hydrogen-bond donors (Lipinski definition) is 0. The second-order valence-electron chi connectivity index (χ2n) is 10.9. The van der Waals surface area contributed by atoms with Crippen LogP contribution in [0.5, 0.6) is 5.75 Å². The molecular formula is C34H49FN2O2S. The first-order chi connectivity index (χ1) is 19.6. The number of hydrogen-bond acceptors (Lipinski definition) is 4. The molecule has 1 amide bonds. The fourth-order valence-corrected chi connectivity index (χ4v) is 5.83. The number of nitrogens with zero attached hydrogens (tertiary/aromatic N) is 2. The van der Waals surface area contributed by atoms with Crippen LogP contribution in [0.2, 0.25) is 0 Å². The number of carbonyl (C=O) groups is 1. The van der Waals surface area contributed by atoms with Crippen molar-refractivity contribution < 1.29 is 13.9 Å². The lowest BCUT2D eigenvalue weighted by molar-refractivity contribution is -0.116. The summed E-state index contributed by atoms with van der Waals surface area (Å²) in [7, 11) is 0. The van der Waals surface area contributed by atoms with E-state index in [1.54, 1.807) is 35.7 Å². The van der Waals surface area contributed by atoms with Crippen LogP contribution >= 0.6 is 11.8 Å². The van der Waals surface area contributed by atoms with Crippen molar-refractivity contribution in [2.75, 3.05) is 23.9 Å². The van der Waals surface area contributed by atoms with Gasteiger partial charge < -0.3 is 14.5 Å². The van der Waals surface area contributed by atoms with Crippen LogP contribution in [-0.2, 0) is 17.8 Å². The monoisotopic (exact) mass is 568 g/mol. The van der Waals surface area contributed by atoms with Gasteiger partial charge in [0.2, 0.25) is 5.91 Å². The van der Waals surface area contributed by atoms with Gasteiger partial charge in [-0.25, -0.2) is 4.39 Å². The zero-order valence-electron chi connectivity index (χ0n) is 24.7. The van der Waals surface area contributed by atoms with Crippen LogP contribution in [0.4, 0.5) is 10.1 Å². The van der Waals surface area contributed by atoms with Gasteiger partial charge in [-0.2, -0.15) is 0 Å². The molecule has 0 aliphatic carbocycles. The molecule has 0 radical (unpaired) electrons. The first kappa shape index (κ1) is 32.0. The summed E-state index contributed by atoms with van der Waals surface area (Å²) in [6.07, 6.45) is 18.2. The summed E-state index contributed by atoms with van der Waals surface area (Å²) in [5.41, 5.74) is 2.90. The lowest BCUT2D eigenvalue weighted by Crippen LogP contribution is -2.30. The number of thioether (sulfide) groups is 1.